The number of aromatic carboxylic acids is 1. The number of alkyl halides is 3. The molecule has 0 unspecified atom stereocenters. The molecule has 1 N–H and O–H groups in total. The Balaban J connectivity index is 1.94. The number of rotatable bonds is 5. The first-order valence-electron chi connectivity index (χ1n) is 10.4. The van der Waals surface area contributed by atoms with Crippen molar-refractivity contribution < 1.29 is 31.5 Å². The molecule has 0 radical (unpaired) electrons. The van der Waals surface area contributed by atoms with Crippen LogP contribution in [0.5, 0.6) is 0 Å². The van der Waals surface area contributed by atoms with Crippen molar-refractivity contribution in [2.45, 2.75) is 68.9 Å². The maximum absolute atomic E-state index is 13.4. The quantitative estimate of drug-likeness (QED) is 0.605. The highest BCUT2D eigenvalue weighted by atomic mass is 32.2. The van der Waals surface area contributed by atoms with Crippen LogP contribution in [0.25, 0.3) is 0 Å². The van der Waals surface area contributed by atoms with Crippen LogP contribution < -0.4 is 0 Å². The van der Waals surface area contributed by atoms with Gasteiger partial charge in [0.1, 0.15) is 0 Å². The fourth-order valence-electron chi connectivity index (χ4n) is 4.31. The van der Waals surface area contributed by atoms with E-state index in [2.05, 4.69) is 27.7 Å². The summed E-state index contributed by atoms with van der Waals surface area (Å²) in [5.41, 5.74) is -0.101. The summed E-state index contributed by atoms with van der Waals surface area (Å²) >= 11 is 0. The number of carboxylic acids is 1. The Kier molecular flexibility index (Phi) is 6.00. The van der Waals surface area contributed by atoms with E-state index < -0.39 is 38.9 Å². The first kappa shape index (κ1) is 24.3. The molecule has 0 saturated heterocycles. The summed E-state index contributed by atoms with van der Waals surface area (Å²) < 4.78 is 66.4. The van der Waals surface area contributed by atoms with Crippen LogP contribution in [0.3, 0.4) is 0 Å². The Morgan fingerprint density at radius 2 is 1.56 bits per heavy atom. The molecule has 0 fully saturated rings. The van der Waals surface area contributed by atoms with Gasteiger partial charge in [0.2, 0.25) is 0 Å². The van der Waals surface area contributed by atoms with Gasteiger partial charge >= 0.3 is 12.1 Å². The van der Waals surface area contributed by atoms with E-state index >= 15 is 0 Å². The standard InChI is InChI=1S/C24H27F3O4S/c1-22(2)10-11-23(3,4)20-14-17(7-8-18(20)22)32(30,31)12-9-15-5-6-16(21(28)29)13-19(15)24(25,26)27/h5-8,13-14H,9-12H2,1-4H3,(H,28,29). The second-order valence-electron chi connectivity index (χ2n) is 9.72. The smallest absolute Gasteiger partial charge is 0.416 e. The van der Waals surface area contributed by atoms with Gasteiger partial charge in [-0.15, -0.1) is 0 Å². The lowest BCUT2D eigenvalue weighted by Gasteiger charge is -2.42. The lowest BCUT2D eigenvalue weighted by molar-refractivity contribution is -0.138. The summed E-state index contributed by atoms with van der Waals surface area (Å²) in [5.74, 6) is -1.99. The first-order valence-corrected chi connectivity index (χ1v) is 12.0. The number of carboxylic acid groups (broad SMARTS) is 1. The fraction of sp³-hybridized carbons (Fsp3) is 0.458. The zero-order valence-electron chi connectivity index (χ0n) is 18.5. The van der Waals surface area contributed by atoms with Crippen molar-refractivity contribution in [3.8, 4) is 0 Å². The predicted molar refractivity (Wildman–Crippen MR) is 116 cm³/mol. The molecule has 4 nitrogen and oxygen atoms in total. The zero-order chi connectivity index (χ0) is 24.1. The Labute approximate surface area is 186 Å². The minimum atomic E-state index is -4.79. The third-order valence-corrected chi connectivity index (χ3v) is 8.20. The number of aryl methyl sites for hydroxylation is 1. The van der Waals surface area contributed by atoms with E-state index in [4.69, 9.17) is 5.11 Å². The van der Waals surface area contributed by atoms with Crippen LogP contribution in [0.15, 0.2) is 41.3 Å². The van der Waals surface area contributed by atoms with E-state index in [-0.39, 0.29) is 27.7 Å². The Morgan fingerprint density at radius 1 is 0.969 bits per heavy atom. The van der Waals surface area contributed by atoms with Gasteiger partial charge in [-0.2, -0.15) is 13.2 Å². The molecule has 0 atom stereocenters. The number of fused-ring (bicyclic) bond motifs is 1. The SMILES string of the molecule is CC1(C)CCC(C)(C)c2cc(S(=O)(=O)CCc3ccc(C(=O)O)cc3C(F)(F)F)ccc21. The van der Waals surface area contributed by atoms with E-state index in [1.54, 1.807) is 6.07 Å². The zero-order valence-corrected chi connectivity index (χ0v) is 19.3. The molecule has 0 aromatic heterocycles. The monoisotopic (exact) mass is 468 g/mol. The molecule has 0 aliphatic heterocycles. The second-order valence-corrected chi connectivity index (χ2v) is 11.8. The van der Waals surface area contributed by atoms with Crippen molar-refractivity contribution in [1.82, 2.24) is 0 Å². The minimum absolute atomic E-state index is 0.0827. The van der Waals surface area contributed by atoms with Gasteiger partial charge in [-0.25, -0.2) is 13.2 Å². The number of benzene rings is 2. The fourth-order valence-corrected chi connectivity index (χ4v) is 5.61. The van der Waals surface area contributed by atoms with Crippen molar-refractivity contribution >= 4 is 15.8 Å². The average Bonchev–Trinajstić information content (AvgIpc) is 2.69. The number of sulfone groups is 1. The number of hydrogen-bond acceptors (Lipinski definition) is 3. The molecule has 174 valence electrons. The molecule has 2 aromatic rings. The van der Waals surface area contributed by atoms with Gasteiger partial charge in [-0.05, 0) is 71.0 Å². The number of hydrogen-bond donors (Lipinski definition) is 1. The van der Waals surface area contributed by atoms with Crippen LogP contribution >= 0.6 is 0 Å². The van der Waals surface area contributed by atoms with Gasteiger partial charge in [0.15, 0.2) is 9.84 Å². The Hall–Kier alpha value is -2.35. The average molecular weight is 469 g/mol. The highest BCUT2D eigenvalue weighted by Gasteiger charge is 2.38. The van der Waals surface area contributed by atoms with E-state index in [1.165, 1.54) is 6.07 Å². The third kappa shape index (κ3) is 4.70. The largest absolute Gasteiger partial charge is 0.478 e. The molecular weight excluding hydrogens is 441 g/mol. The molecule has 0 saturated carbocycles. The van der Waals surface area contributed by atoms with Gasteiger partial charge in [-0.1, -0.05) is 39.8 Å². The maximum atomic E-state index is 13.4. The number of carbonyl (C=O) groups is 1. The maximum Gasteiger partial charge on any atom is 0.416 e. The summed E-state index contributed by atoms with van der Waals surface area (Å²) in [6, 6.07) is 7.68. The van der Waals surface area contributed by atoms with Crippen molar-refractivity contribution in [2.24, 2.45) is 0 Å². The summed E-state index contributed by atoms with van der Waals surface area (Å²) in [7, 11) is -3.85. The van der Waals surface area contributed by atoms with Crippen LogP contribution in [-0.4, -0.2) is 25.2 Å². The van der Waals surface area contributed by atoms with Gasteiger partial charge in [0.25, 0.3) is 0 Å². The topological polar surface area (TPSA) is 71.4 Å². The third-order valence-electron chi connectivity index (χ3n) is 6.49. The predicted octanol–water partition coefficient (Wildman–Crippen LogP) is 5.77. The lowest BCUT2D eigenvalue weighted by atomic mass is 9.63. The van der Waals surface area contributed by atoms with Crippen molar-refractivity contribution in [3.05, 3.63) is 64.2 Å². The molecule has 32 heavy (non-hydrogen) atoms. The van der Waals surface area contributed by atoms with Crippen LogP contribution in [-0.2, 0) is 33.3 Å². The van der Waals surface area contributed by atoms with Gasteiger partial charge in [0, 0.05) is 0 Å². The first-order chi connectivity index (χ1) is 14.5. The Morgan fingerprint density at radius 3 is 2.12 bits per heavy atom. The minimum Gasteiger partial charge on any atom is -0.478 e. The molecule has 1 aliphatic rings. The molecule has 3 rings (SSSR count). The summed E-state index contributed by atoms with van der Waals surface area (Å²) in [6.45, 7) is 8.37. The van der Waals surface area contributed by atoms with Crippen LogP contribution in [0.2, 0.25) is 0 Å². The van der Waals surface area contributed by atoms with E-state index in [1.807, 2.05) is 6.07 Å². The molecule has 0 spiro atoms. The molecular formula is C24H27F3O4S. The van der Waals surface area contributed by atoms with Crippen molar-refractivity contribution in [2.75, 3.05) is 5.75 Å². The second kappa shape index (κ2) is 7.90. The van der Waals surface area contributed by atoms with Gasteiger partial charge < -0.3 is 5.11 Å². The normalized spacial score (nSPS) is 17.6. The molecule has 0 amide bonds. The molecule has 1 aliphatic carbocycles. The van der Waals surface area contributed by atoms with Crippen LogP contribution in [0.1, 0.15) is 73.1 Å². The van der Waals surface area contributed by atoms with Crippen LogP contribution in [0, 0.1) is 0 Å². The van der Waals surface area contributed by atoms with E-state index in [0.717, 1.165) is 36.1 Å². The summed E-state index contributed by atoms with van der Waals surface area (Å²) in [4.78, 5) is 11.1. The van der Waals surface area contributed by atoms with Crippen molar-refractivity contribution in [3.63, 3.8) is 0 Å². The highest BCUT2D eigenvalue weighted by molar-refractivity contribution is 7.91. The Bertz CT molecular complexity index is 1160. The highest BCUT2D eigenvalue weighted by Crippen LogP contribution is 2.46. The molecule has 0 bridgehead atoms. The van der Waals surface area contributed by atoms with Gasteiger partial charge in [0.05, 0.1) is 21.8 Å². The lowest BCUT2D eigenvalue weighted by Crippen LogP contribution is -2.34. The summed E-state index contributed by atoms with van der Waals surface area (Å²) in [6.07, 6.45) is -3.28. The van der Waals surface area contributed by atoms with Crippen LogP contribution in [0.4, 0.5) is 13.2 Å². The summed E-state index contributed by atoms with van der Waals surface area (Å²) in [5, 5.41) is 8.99. The molecule has 2 aromatic carbocycles. The van der Waals surface area contributed by atoms with E-state index in [9.17, 15) is 26.4 Å². The van der Waals surface area contributed by atoms with E-state index in [0.29, 0.717) is 6.07 Å². The molecule has 0 heterocycles. The van der Waals surface area contributed by atoms with Crippen molar-refractivity contribution in [1.29, 1.82) is 0 Å². The number of halogens is 3. The molecule has 8 heteroatoms. The van der Waals surface area contributed by atoms with Gasteiger partial charge in [-0.3, -0.25) is 0 Å².